The maximum Gasteiger partial charge on any atom is 0.271 e. The van der Waals surface area contributed by atoms with Crippen LogP contribution in [0.15, 0.2) is 71.8 Å². The van der Waals surface area contributed by atoms with E-state index in [1.807, 2.05) is 54.6 Å². The minimum atomic E-state index is -0.249. The highest BCUT2D eigenvalue weighted by Gasteiger charge is 2.06. The van der Waals surface area contributed by atoms with Gasteiger partial charge in [0.25, 0.3) is 5.91 Å². The van der Waals surface area contributed by atoms with E-state index >= 15 is 0 Å². The minimum Gasteiger partial charge on any atom is -0.496 e. The molecular weight excluding hydrogens is 288 g/mol. The van der Waals surface area contributed by atoms with Gasteiger partial charge in [0, 0.05) is 11.1 Å². The summed E-state index contributed by atoms with van der Waals surface area (Å²) in [6.45, 7) is 0. The van der Waals surface area contributed by atoms with Gasteiger partial charge in [0.1, 0.15) is 5.75 Å². The van der Waals surface area contributed by atoms with Gasteiger partial charge in [-0.3, -0.25) is 4.79 Å². The molecule has 0 aliphatic carbocycles. The van der Waals surface area contributed by atoms with E-state index in [-0.39, 0.29) is 5.91 Å². The summed E-state index contributed by atoms with van der Waals surface area (Å²) in [5, 5.41) is 6.18. The maximum absolute atomic E-state index is 12.0. The highest BCUT2D eigenvalue weighted by atomic mass is 16.5. The van der Waals surface area contributed by atoms with Gasteiger partial charge >= 0.3 is 0 Å². The number of nitrogens with zero attached hydrogens (tertiary/aromatic N) is 1. The zero-order chi connectivity index (χ0) is 16.1. The molecule has 114 valence electrons. The van der Waals surface area contributed by atoms with Gasteiger partial charge in [0.05, 0.1) is 13.3 Å². The van der Waals surface area contributed by atoms with Crippen molar-refractivity contribution in [3.63, 3.8) is 0 Å². The summed E-state index contributed by atoms with van der Waals surface area (Å²) in [5.74, 6) is 0.461. The molecule has 0 saturated heterocycles. The minimum absolute atomic E-state index is 0.249. The number of hydrazone groups is 1. The average Bonchev–Trinajstić information content (AvgIpc) is 2.62. The summed E-state index contributed by atoms with van der Waals surface area (Å²) in [4.78, 5) is 12.0. The zero-order valence-corrected chi connectivity index (χ0v) is 12.7. The van der Waals surface area contributed by atoms with Crippen LogP contribution in [0.4, 0.5) is 0 Å². The number of ether oxygens (including phenoxy) is 1. The Hall–Kier alpha value is -3.14. The third-order valence-electron chi connectivity index (χ3n) is 3.55. The Labute approximate surface area is 134 Å². The number of hydrogen-bond acceptors (Lipinski definition) is 3. The first kappa shape index (κ1) is 14.8. The summed E-state index contributed by atoms with van der Waals surface area (Å²) in [7, 11) is 1.62. The van der Waals surface area contributed by atoms with Gasteiger partial charge in [0.2, 0.25) is 0 Å². The maximum atomic E-state index is 12.0. The first-order valence-electron chi connectivity index (χ1n) is 7.24. The number of amides is 1. The van der Waals surface area contributed by atoms with Crippen LogP contribution < -0.4 is 10.2 Å². The Balaban J connectivity index is 1.87. The first-order valence-corrected chi connectivity index (χ1v) is 7.24. The van der Waals surface area contributed by atoms with Gasteiger partial charge in [-0.1, -0.05) is 48.5 Å². The van der Waals surface area contributed by atoms with E-state index in [0.29, 0.717) is 11.3 Å². The predicted octanol–water partition coefficient (Wildman–Crippen LogP) is 3.61. The van der Waals surface area contributed by atoms with Crippen LogP contribution in [0.3, 0.4) is 0 Å². The summed E-state index contributed by atoms with van der Waals surface area (Å²) in [5.41, 5.74) is 3.94. The van der Waals surface area contributed by atoms with Gasteiger partial charge in [-0.15, -0.1) is 0 Å². The second-order valence-electron chi connectivity index (χ2n) is 4.97. The largest absolute Gasteiger partial charge is 0.496 e. The van der Waals surface area contributed by atoms with Gasteiger partial charge in [-0.2, -0.15) is 5.10 Å². The smallest absolute Gasteiger partial charge is 0.271 e. The number of hydrogen-bond donors (Lipinski definition) is 1. The normalized spacial score (nSPS) is 10.8. The zero-order valence-electron chi connectivity index (χ0n) is 12.7. The number of carbonyl (C=O) groups is 1. The molecule has 0 saturated carbocycles. The van der Waals surface area contributed by atoms with Crippen molar-refractivity contribution in [2.24, 2.45) is 5.10 Å². The molecule has 0 radical (unpaired) electrons. The molecule has 3 aromatic carbocycles. The summed E-state index contributed by atoms with van der Waals surface area (Å²) in [6.07, 6.45) is 1.61. The van der Waals surface area contributed by atoms with Crippen LogP contribution in [-0.4, -0.2) is 19.2 Å². The van der Waals surface area contributed by atoms with Crippen LogP contribution in [0, 0.1) is 0 Å². The number of benzene rings is 3. The molecule has 0 fully saturated rings. The molecule has 0 atom stereocenters. The molecule has 0 aromatic heterocycles. The fourth-order valence-electron chi connectivity index (χ4n) is 2.40. The first-order chi connectivity index (χ1) is 11.3. The third-order valence-corrected chi connectivity index (χ3v) is 3.55. The van der Waals surface area contributed by atoms with Crippen molar-refractivity contribution in [3.05, 3.63) is 77.9 Å². The summed E-state index contributed by atoms with van der Waals surface area (Å²) < 4.78 is 5.39. The molecule has 0 heterocycles. The summed E-state index contributed by atoms with van der Waals surface area (Å²) in [6, 6.07) is 20.8. The van der Waals surface area contributed by atoms with E-state index in [4.69, 9.17) is 4.74 Å². The molecule has 0 spiro atoms. The predicted molar refractivity (Wildman–Crippen MR) is 92.0 cm³/mol. The molecule has 1 amide bonds. The Morgan fingerprint density at radius 2 is 1.74 bits per heavy atom. The van der Waals surface area contributed by atoms with E-state index in [9.17, 15) is 4.79 Å². The lowest BCUT2D eigenvalue weighted by Gasteiger charge is -2.08. The highest BCUT2D eigenvalue weighted by Crippen LogP contribution is 2.26. The lowest BCUT2D eigenvalue weighted by Crippen LogP contribution is -2.17. The monoisotopic (exact) mass is 304 g/mol. The van der Waals surface area contributed by atoms with Crippen molar-refractivity contribution in [3.8, 4) is 5.75 Å². The Morgan fingerprint density at radius 1 is 1.00 bits per heavy atom. The van der Waals surface area contributed by atoms with Crippen molar-refractivity contribution in [1.82, 2.24) is 5.43 Å². The van der Waals surface area contributed by atoms with Gasteiger partial charge in [0.15, 0.2) is 0 Å². The molecule has 0 aliphatic rings. The molecule has 23 heavy (non-hydrogen) atoms. The second kappa shape index (κ2) is 6.75. The second-order valence-corrected chi connectivity index (χ2v) is 4.97. The quantitative estimate of drug-likeness (QED) is 0.591. The van der Waals surface area contributed by atoms with E-state index in [1.165, 1.54) is 0 Å². The molecule has 4 nitrogen and oxygen atoms in total. The lowest BCUT2D eigenvalue weighted by atomic mass is 10.0. The number of carbonyl (C=O) groups excluding carboxylic acids is 1. The number of methoxy groups -OCH3 is 1. The van der Waals surface area contributed by atoms with Crippen molar-refractivity contribution < 1.29 is 9.53 Å². The van der Waals surface area contributed by atoms with Gasteiger partial charge in [-0.05, 0) is 29.0 Å². The lowest BCUT2D eigenvalue weighted by molar-refractivity contribution is 0.0955. The molecule has 0 aliphatic heterocycles. The van der Waals surface area contributed by atoms with Crippen LogP contribution in [0.25, 0.3) is 10.8 Å². The Kier molecular flexibility index (Phi) is 4.34. The van der Waals surface area contributed by atoms with Gasteiger partial charge in [-0.25, -0.2) is 5.43 Å². The molecule has 4 heteroatoms. The van der Waals surface area contributed by atoms with Crippen LogP contribution >= 0.6 is 0 Å². The number of rotatable bonds is 4. The average molecular weight is 304 g/mol. The van der Waals surface area contributed by atoms with Gasteiger partial charge < -0.3 is 4.74 Å². The standard InChI is InChI=1S/C19H16N2O2/c1-23-18-12-11-14-7-5-6-10-16(14)17(18)13-20-21-19(22)15-8-3-2-4-9-15/h2-13H,1H3,(H,21,22)/b20-13-. The Bertz CT molecular complexity index is 858. The number of nitrogens with one attached hydrogen (secondary N) is 1. The molecule has 1 N–H and O–H groups in total. The summed E-state index contributed by atoms with van der Waals surface area (Å²) >= 11 is 0. The van der Waals surface area contributed by atoms with Crippen LogP contribution in [0.2, 0.25) is 0 Å². The van der Waals surface area contributed by atoms with E-state index in [0.717, 1.165) is 16.3 Å². The SMILES string of the molecule is COc1ccc2ccccc2c1/C=N\NC(=O)c1ccccc1. The van der Waals surface area contributed by atoms with Crippen LogP contribution in [0.1, 0.15) is 15.9 Å². The van der Waals surface area contributed by atoms with Crippen LogP contribution in [0.5, 0.6) is 5.75 Å². The van der Waals surface area contributed by atoms with Crippen molar-refractivity contribution in [2.45, 2.75) is 0 Å². The topological polar surface area (TPSA) is 50.7 Å². The third kappa shape index (κ3) is 3.21. The van der Waals surface area contributed by atoms with Crippen molar-refractivity contribution >= 4 is 22.9 Å². The fourth-order valence-corrected chi connectivity index (χ4v) is 2.40. The fraction of sp³-hybridized carbons (Fsp3) is 0.0526. The van der Waals surface area contributed by atoms with Crippen LogP contribution in [-0.2, 0) is 0 Å². The van der Waals surface area contributed by atoms with E-state index in [1.54, 1.807) is 25.5 Å². The Morgan fingerprint density at radius 3 is 2.52 bits per heavy atom. The molecule has 3 aromatic rings. The van der Waals surface area contributed by atoms with Crippen molar-refractivity contribution in [2.75, 3.05) is 7.11 Å². The molecule has 0 unspecified atom stereocenters. The van der Waals surface area contributed by atoms with Crippen molar-refractivity contribution in [1.29, 1.82) is 0 Å². The molecular formula is C19H16N2O2. The van der Waals surface area contributed by atoms with E-state index < -0.39 is 0 Å². The highest BCUT2D eigenvalue weighted by molar-refractivity contribution is 6.03. The number of fused-ring (bicyclic) bond motifs is 1. The van der Waals surface area contributed by atoms with E-state index in [2.05, 4.69) is 10.5 Å². The molecule has 0 bridgehead atoms. The molecule has 3 rings (SSSR count).